The second-order valence-electron chi connectivity index (χ2n) is 9.68. The van der Waals surface area contributed by atoms with E-state index in [-0.39, 0.29) is 24.9 Å². The van der Waals surface area contributed by atoms with Gasteiger partial charge in [-0.15, -0.1) is 11.3 Å². The van der Waals surface area contributed by atoms with Crippen molar-refractivity contribution in [3.05, 3.63) is 48.5 Å². The van der Waals surface area contributed by atoms with Gasteiger partial charge in [0.1, 0.15) is 5.76 Å². The minimum absolute atomic E-state index is 0.250. The monoisotopic (exact) mass is 576 g/mol. The van der Waals surface area contributed by atoms with Gasteiger partial charge in [-0.1, -0.05) is 0 Å². The number of amides is 1. The number of thiophene rings is 1. The first-order valence-electron chi connectivity index (χ1n) is 13.0. The molecular formula is C28H28N6O6S. The van der Waals surface area contributed by atoms with Gasteiger partial charge in [-0.3, -0.25) is 24.0 Å². The fourth-order valence-electron chi connectivity index (χ4n) is 5.10. The Bertz CT molecular complexity index is 1680. The minimum atomic E-state index is -0.250. The number of likely N-dealkylation sites (tertiary alicyclic amines) is 1. The van der Waals surface area contributed by atoms with Crippen molar-refractivity contribution in [3.63, 3.8) is 0 Å². The Morgan fingerprint density at radius 1 is 1.05 bits per heavy atom. The Kier molecular flexibility index (Phi) is 8.24. The smallest absolute Gasteiger partial charge is 0.290 e. The first-order chi connectivity index (χ1) is 20.0. The molecule has 2 aliphatic rings. The number of piperidine rings is 1. The van der Waals surface area contributed by atoms with Crippen LogP contribution in [0.2, 0.25) is 0 Å². The first kappa shape index (κ1) is 27.8. The first-order valence-corrected chi connectivity index (χ1v) is 13.9. The van der Waals surface area contributed by atoms with Crippen LogP contribution < -0.4 is 5.73 Å². The lowest BCUT2D eigenvalue weighted by Crippen LogP contribution is -2.39. The van der Waals surface area contributed by atoms with Crippen molar-refractivity contribution in [1.29, 1.82) is 0 Å². The van der Waals surface area contributed by atoms with Crippen molar-refractivity contribution in [2.75, 3.05) is 18.8 Å². The number of nitrogen functional groups attached to an aromatic ring is 1. The van der Waals surface area contributed by atoms with E-state index in [0.29, 0.717) is 17.3 Å². The van der Waals surface area contributed by atoms with Gasteiger partial charge in [0.25, 0.3) is 12.9 Å². The van der Waals surface area contributed by atoms with Crippen LogP contribution in [0.4, 0.5) is 5.82 Å². The van der Waals surface area contributed by atoms with Gasteiger partial charge in [-0.2, -0.15) is 5.10 Å². The number of carbonyl (C=O) groups excluding carboxylic acids is 1. The number of furan rings is 1. The van der Waals surface area contributed by atoms with E-state index >= 15 is 0 Å². The van der Waals surface area contributed by atoms with E-state index in [2.05, 4.69) is 26.6 Å². The summed E-state index contributed by atoms with van der Waals surface area (Å²) in [6, 6.07) is 4.34. The normalized spacial score (nSPS) is 15.1. The van der Waals surface area contributed by atoms with Gasteiger partial charge in [-0.05, 0) is 37.8 Å². The molecule has 1 aliphatic heterocycles. The van der Waals surface area contributed by atoms with Crippen LogP contribution in [0.5, 0.6) is 0 Å². The highest BCUT2D eigenvalue weighted by Gasteiger charge is 2.35. The summed E-state index contributed by atoms with van der Waals surface area (Å²) < 4.78 is 9.38. The maximum absolute atomic E-state index is 12.4. The van der Waals surface area contributed by atoms with Gasteiger partial charge in [0.05, 0.1) is 16.9 Å². The van der Waals surface area contributed by atoms with Gasteiger partial charge >= 0.3 is 0 Å². The lowest BCUT2D eigenvalue weighted by molar-refractivity contribution is -0.134. The number of aromatic nitrogens is 4. The molecule has 1 saturated heterocycles. The molecule has 6 heterocycles. The van der Waals surface area contributed by atoms with E-state index in [9.17, 15) is 4.79 Å². The van der Waals surface area contributed by atoms with E-state index in [4.69, 9.17) is 30.0 Å². The number of pyridine rings is 2. The lowest BCUT2D eigenvalue weighted by Gasteiger charge is -2.32. The molecule has 1 aliphatic carbocycles. The van der Waals surface area contributed by atoms with Crippen molar-refractivity contribution in [3.8, 4) is 22.5 Å². The summed E-state index contributed by atoms with van der Waals surface area (Å²) in [5, 5.41) is 22.6. The van der Waals surface area contributed by atoms with Gasteiger partial charge in [0.15, 0.2) is 11.4 Å². The molecule has 0 aromatic carbocycles. The third-order valence-electron chi connectivity index (χ3n) is 7.22. The summed E-state index contributed by atoms with van der Waals surface area (Å²) in [5.74, 6) is 1.76. The quantitative estimate of drug-likeness (QED) is 0.258. The molecule has 5 aromatic rings. The number of carboxylic acid groups (broad SMARTS) is 2. The Morgan fingerprint density at radius 2 is 1.78 bits per heavy atom. The molecule has 212 valence electrons. The van der Waals surface area contributed by atoms with Gasteiger partial charge in [0.2, 0.25) is 5.91 Å². The molecule has 0 atom stereocenters. The molecule has 0 unspecified atom stereocenters. The molecule has 0 radical (unpaired) electrons. The largest absolute Gasteiger partial charge is 0.483 e. The van der Waals surface area contributed by atoms with Gasteiger partial charge in [0, 0.05) is 76.6 Å². The molecule has 2 fully saturated rings. The summed E-state index contributed by atoms with van der Waals surface area (Å²) in [6.45, 7) is 1.11. The van der Waals surface area contributed by atoms with Crippen molar-refractivity contribution in [1.82, 2.24) is 24.6 Å². The molecule has 13 heteroatoms. The number of hydrogen-bond acceptors (Lipinski definition) is 9. The summed E-state index contributed by atoms with van der Waals surface area (Å²) in [5.41, 5.74) is 9.74. The number of fused-ring (bicyclic) bond motifs is 2. The van der Waals surface area contributed by atoms with Crippen LogP contribution in [0.1, 0.15) is 31.7 Å². The highest BCUT2D eigenvalue weighted by Crippen LogP contribution is 2.40. The molecular weight excluding hydrogens is 548 g/mol. The standard InChI is InChI=1S/C26H24N6O2S.2CH2O2/c27-25-24-19(9-22(34-24)21-14-35-23-12-28-6-3-18(21)23)20(11-29-25)16-10-30-32(13-16)17-4-7-31(8-5-17)26(33)15-1-2-15;2*2-1-3/h3,6,9-15,17H,1-2,4-5,7-8H2,(H2,27,29);2*1H,(H,2,3). The van der Waals surface area contributed by atoms with Crippen molar-refractivity contribution < 1.29 is 29.0 Å². The fraction of sp³-hybridized carbons (Fsp3) is 0.286. The van der Waals surface area contributed by atoms with Crippen molar-refractivity contribution >= 4 is 57.1 Å². The van der Waals surface area contributed by atoms with E-state index in [1.807, 2.05) is 34.1 Å². The van der Waals surface area contributed by atoms with Crippen LogP contribution in [0.15, 0.2) is 52.9 Å². The molecule has 1 saturated carbocycles. The molecule has 12 nitrogen and oxygen atoms in total. The third-order valence-corrected chi connectivity index (χ3v) is 8.15. The number of nitrogens with zero attached hydrogens (tertiary/aromatic N) is 5. The highest BCUT2D eigenvalue weighted by molar-refractivity contribution is 7.17. The lowest BCUT2D eigenvalue weighted by atomic mass is 10.0. The van der Waals surface area contributed by atoms with Crippen LogP contribution in [0.3, 0.4) is 0 Å². The van der Waals surface area contributed by atoms with E-state index < -0.39 is 0 Å². The number of carbonyl (C=O) groups is 3. The third kappa shape index (κ3) is 5.75. The van der Waals surface area contributed by atoms with Crippen molar-refractivity contribution in [2.45, 2.75) is 31.7 Å². The van der Waals surface area contributed by atoms with Crippen LogP contribution in [-0.4, -0.2) is 66.8 Å². The summed E-state index contributed by atoms with van der Waals surface area (Å²) in [7, 11) is 0. The number of nitrogens with two attached hydrogens (primary N) is 1. The summed E-state index contributed by atoms with van der Waals surface area (Å²) in [4.78, 5) is 39.8. The van der Waals surface area contributed by atoms with Crippen molar-refractivity contribution in [2.24, 2.45) is 5.92 Å². The SMILES string of the molecule is Nc1ncc(-c2cnn(C3CCN(C(=O)C4CC4)CC3)c2)c2cc(-c3csc4cnccc34)oc12.O=CO.O=CO. The molecule has 41 heavy (non-hydrogen) atoms. The van der Waals surface area contributed by atoms with Crippen LogP contribution >= 0.6 is 11.3 Å². The molecule has 7 rings (SSSR count). The van der Waals surface area contributed by atoms with E-state index in [0.717, 1.165) is 76.7 Å². The Morgan fingerprint density at radius 3 is 2.49 bits per heavy atom. The predicted molar refractivity (Wildman–Crippen MR) is 153 cm³/mol. The molecule has 4 N–H and O–H groups in total. The Labute approximate surface area is 238 Å². The number of hydrogen-bond donors (Lipinski definition) is 3. The summed E-state index contributed by atoms with van der Waals surface area (Å²) in [6.07, 6.45) is 13.4. The van der Waals surface area contributed by atoms with Crippen LogP contribution in [-0.2, 0) is 14.4 Å². The Hall–Kier alpha value is -4.78. The molecule has 5 aromatic heterocycles. The number of anilines is 1. The Balaban J connectivity index is 0.000000520. The topological polar surface area (TPSA) is 178 Å². The minimum Gasteiger partial charge on any atom is -0.483 e. The highest BCUT2D eigenvalue weighted by atomic mass is 32.1. The van der Waals surface area contributed by atoms with Crippen LogP contribution in [0.25, 0.3) is 43.5 Å². The van der Waals surface area contributed by atoms with Gasteiger partial charge in [-0.25, -0.2) is 4.98 Å². The zero-order chi connectivity index (χ0) is 28.9. The van der Waals surface area contributed by atoms with Gasteiger partial charge < -0.3 is 25.3 Å². The van der Waals surface area contributed by atoms with E-state index in [1.165, 1.54) is 0 Å². The average Bonchev–Trinajstić information content (AvgIpc) is 3.35. The summed E-state index contributed by atoms with van der Waals surface area (Å²) >= 11 is 1.64. The average molecular weight is 577 g/mol. The second kappa shape index (κ2) is 12.2. The molecule has 0 bridgehead atoms. The molecule has 1 amide bonds. The molecule has 0 spiro atoms. The maximum atomic E-state index is 12.4. The zero-order valence-corrected chi connectivity index (χ0v) is 22.7. The zero-order valence-electron chi connectivity index (χ0n) is 21.9. The van der Waals surface area contributed by atoms with E-state index in [1.54, 1.807) is 23.7 Å². The second-order valence-corrected chi connectivity index (χ2v) is 10.6. The van der Waals surface area contributed by atoms with Crippen LogP contribution in [0, 0.1) is 5.92 Å². The maximum Gasteiger partial charge on any atom is 0.290 e. The predicted octanol–water partition coefficient (Wildman–Crippen LogP) is 4.53. The fourth-order valence-corrected chi connectivity index (χ4v) is 6.01. The number of rotatable bonds is 4.